The van der Waals surface area contributed by atoms with E-state index in [4.69, 9.17) is 0 Å². The van der Waals surface area contributed by atoms with Gasteiger partial charge in [-0.2, -0.15) is 0 Å². The number of rotatable bonds is 9. The summed E-state index contributed by atoms with van der Waals surface area (Å²) in [7, 11) is 0. The summed E-state index contributed by atoms with van der Waals surface area (Å²) in [6, 6.07) is 122. The van der Waals surface area contributed by atoms with E-state index in [1.807, 2.05) is 0 Å². The Kier molecular flexibility index (Phi) is 15.3. The first-order chi connectivity index (χ1) is 52.1. The summed E-state index contributed by atoms with van der Waals surface area (Å²) in [6.45, 7) is 27.8. The van der Waals surface area contributed by atoms with Crippen molar-refractivity contribution in [2.24, 2.45) is 0 Å². The van der Waals surface area contributed by atoms with Crippen molar-refractivity contribution in [1.29, 1.82) is 0 Å². The van der Waals surface area contributed by atoms with Crippen LogP contribution in [0, 0.1) is 0 Å². The van der Waals surface area contributed by atoms with Crippen molar-refractivity contribution >= 4 is 111 Å². The maximum atomic E-state index is 2.74. The molecule has 2 aliphatic heterocycles. The van der Waals surface area contributed by atoms with Crippen LogP contribution < -0.4 is 26.2 Å². The van der Waals surface area contributed by atoms with Crippen LogP contribution in [-0.2, 0) is 21.7 Å². The lowest BCUT2D eigenvalue weighted by Gasteiger charge is -2.46. The molecule has 0 N–H and O–H groups in total. The van der Waals surface area contributed by atoms with Gasteiger partial charge in [-0.05, 0) is 216 Å². The Labute approximate surface area is 636 Å². The van der Waals surface area contributed by atoms with Crippen LogP contribution in [0.2, 0.25) is 0 Å². The van der Waals surface area contributed by atoms with Gasteiger partial charge in [0.25, 0.3) is 6.71 Å². The van der Waals surface area contributed by atoms with Gasteiger partial charge in [-0.15, -0.1) is 0 Å². The van der Waals surface area contributed by atoms with Gasteiger partial charge in [0.1, 0.15) is 0 Å². The smallest absolute Gasteiger partial charge is 0.252 e. The first-order valence-electron chi connectivity index (χ1n) is 38.6. The van der Waals surface area contributed by atoms with E-state index in [0.717, 1.165) is 84.3 Å². The van der Waals surface area contributed by atoms with Crippen LogP contribution in [0.1, 0.15) is 105 Å². The fourth-order valence-corrected chi connectivity index (χ4v) is 17.7. The molecular formula is C104H88BN3. The van der Waals surface area contributed by atoms with Crippen LogP contribution in [0.25, 0.3) is 127 Å². The van der Waals surface area contributed by atoms with Crippen molar-refractivity contribution in [1.82, 2.24) is 4.57 Å². The molecule has 522 valence electrons. The molecule has 0 saturated carbocycles. The third-order valence-electron chi connectivity index (χ3n) is 23.4. The van der Waals surface area contributed by atoms with Crippen molar-refractivity contribution < 1.29 is 0 Å². The summed E-state index contributed by atoms with van der Waals surface area (Å²) in [5.41, 5.74) is 32.6. The van der Waals surface area contributed by atoms with E-state index in [0.29, 0.717) is 0 Å². The van der Waals surface area contributed by atoms with Gasteiger partial charge in [0.05, 0.1) is 22.4 Å². The monoisotopic (exact) mass is 1390 g/mol. The third kappa shape index (κ3) is 11.0. The van der Waals surface area contributed by atoms with Crippen LogP contribution in [0.4, 0.5) is 34.1 Å². The Morgan fingerprint density at radius 1 is 0.241 bits per heavy atom. The highest BCUT2D eigenvalue weighted by molar-refractivity contribution is 7.00. The van der Waals surface area contributed by atoms with E-state index >= 15 is 0 Å². The molecule has 3 heterocycles. The molecule has 0 saturated heterocycles. The Hall–Kier alpha value is -12.0. The maximum Gasteiger partial charge on any atom is 0.252 e. The SMILES string of the molecule is CC(C)(C)c1ccc(-c2cc3c4c(c2)N(c2c(-c5ccccc5)cc(C(C)(C)C)cc2-c2ccccc2)c2cc(-n5c6ccccc6c6ccccc65)ccc2B4c2cc(-c4cc5ccc6cc(C(C)(C)C)cc7ccc(c4)c5c67)ccc2N3c2c(-c3ccccc3)cc(C(C)(C)C)cc2-c2ccccc2)cc1. The van der Waals surface area contributed by atoms with Crippen molar-refractivity contribution in [2.75, 3.05) is 9.80 Å². The number of hydrogen-bond donors (Lipinski definition) is 0. The quantitative estimate of drug-likeness (QED) is 0.105. The molecule has 0 fully saturated rings. The third-order valence-corrected chi connectivity index (χ3v) is 23.4. The van der Waals surface area contributed by atoms with Gasteiger partial charge in [-0.3, -0.25) is 0 Å². The molecule has 3 nitrogen and oxygen atoms in total. The number of benzene rings is 16. The van der Waals surface area contributed by atoms with E-state index in [1.54, 1.807) is 0 Å². The molecule has 4 heteroatoms. The number of fused-ring (bicyclic) bond motifs is 7. The molecule has 0 aliphatic carbocycles. The van der Waals surface area contributed by atoms with Crippen LogP contribution >= 0.6 is 0 Å². The average Bonchev–Trinajstić information content (AvgIpc) is 0.725. The lowest BCUT2D eigenvalue weighted by molar-refractivity contribution is 0.590. The normalized spacial score (nSPS) is 13.1. The van der Waals surface area contributed by atoms with Gasteiger partial charge < -0.3 is 14.4 Å². The Morgan fingerprint density at radius 2 is 0.611 bits per heavy atom. The molecule has 0 spiro atoms. The number of hydrogen-bond acceptors (Lipinski definition) is 2. The van der Waals surface area contributed by atoms with Crippen LogP contribution in [-0.4, -0.2) is 11.3 Å². The standard InChI is InChI=1S/C104H88BN3/c1-101(2,3)77-48-45-65(46-49-77)76-58-94-98-95(59-76)108(100-86(68-33-21-15-22-34-68)62-80(104(10,11)12)63-87(100)69-35-23-16-24-36-69)93-64-81(106-90-39-27-25-37-82(90)83-38-26-28-40-91(83)106)50-51-88(93)105(98)89-57-70(75-53-71-41-43-73-55-78(102(4,5)6)56-74-44-42-72(54-75)96(71)97(73)74)47-52-92(89)107(94)99-84(66-29-17-13-18-30-66)60-79(103(7,8)9)61-85(99)67-31-19-14-20-32-67/h13-64H,1-12H3. The van der Waals surface area contributed by atoms with Crippen molar-refractivity contribution in [3.63, 3.8) is 0 Å². The second-order valence-corrected chi connectivity index (χ2v) is 34.5. The Balaban J connectivity index is 0.991. The zero-order chi connectivity index (χ0) is 73.9. The van der Waals surface area contributed by atoms with E-state index < -0.39 is 0 Å². The first kappa shape index (κ1) is 66.7. The maximum absolute atomic E-state index is 2.74. The van der Waals surface area contributed by atoms with Gasteiger partial charge in [0.2, 0.25) is 0 Å². The minimum absolute atomic E-state index is 0.0172. The highest BCUT2D eigenvalue weighted by Gasteiger charge is 2.46. The topological polar surface area (TPSA) is 11.4 Å². The summed E-state index contributed by atoms with van der Waals surface area (Å²) in [5.74, 6) is 0. The zero-order valence-electron chi connectivity index (χ0n) is 63.9. The highest BCUT2D eigenvalue weighted by Crippen LogP contribution is 2.56. The molecular weight excluding hydrogens is 1300 g/mol. The van der Waals surface area contributed by atoms with E-state index in [1.165, 1.54) is 115 Å². The Bertz CT molecular complexity index is 6190. The average molecular weight is 1390 g/mol. The fourth-order valence-electron chi connectivity index (χ4n) is 17.7. The Morgan fingerprint density at radius 3 is 1.04 bits per heavy atom. The van der Waals surface area contributed by atoms with E-state index in [2.05, 4.69) is 413 Å². The molecule has 19 rings (SSSR count). The fraction of sp³-hybridized carbons (Fsp3) is 0.154. The van der Waals surface area contributed by atoms with Gasteiger partial charge in [0.15, 0.2) is 0 Å². The predicted molar refractivity (Wildman–Crippen MR) is 466 cm³/mol. The van der Waals surface area contributed by atoms with Crippen molar-refractivity contribution in [3.8, 4) is 72.4 Å². The predicted octanol–water partition coefficient (Wildman–Crippen LogP) is 27.0. The highest BCUT2D eigenvalue weighted by atomic mass is 15.2. The molecule has 16 aromatic carbocycles. The summed E-state index contributed by atoms with van der Waals surface area (Å²) in [5, 5.41) is 10.2. The van der Waals surface area contributed by atoms with Gasteiger partial charge in [-0.1, -0.05) is 320 Å². The van der Waals surface area contributed by atoms with Crippen LogP contribution in [0.5, 0.6) is 0 Å². The summed E-state index contributed by atoms with van der Waals surface area (Å²) in [4.78, 5) is 5.46. The molecule has 0 atom stereocenters. The van der Waals surface area contributed by atoms with Crippen molar-refractivity contribution in [3.05, 3.63) is 338 Å². The molecule has 0 unspecified atom stereocenters. The van der Waals surface area contributed by atoms with Crippen LogP contribution in [0.15, 0.2) is 315 Å². The number of nitrogens with zero attached hydrogens (tertiary/aromatic N) is 3. The zero-order valence-corrected chi connectivity index (χ0v) is 63.9. The number of anilines is 6. The van der Waals surface area contributed by atoms with Gasteiger partial charge in [-0.25, -0.2) is 0 Å². The van der Waals surface area contributed by atoms with Crippen molar-refractivity contribution in [2.45, 2.75) is 105 Å². The first-order valence-corrected chi connectivity index (χ1v) is 38.6. The minimum atomic E-state index is -0.275. The molecule has 108 heavy (non-hydrogen) atoms. The molecule has 1 aromatic heterocycles. The lowest BCUT2D eigenvalue weighted by atomic mass is 9.33. The van der Waals surface area contributed by atoms with E-state index in [-0.39, 0.29) is 28.4 Å². The summed E-state index contributed by atoms with van der Waals surface area (Å²) < 4.78 is 2.51. The second kappa shape index (κ2) is 24.8. The molecule has 17 aromatic rings. The lowest BCUT2D eigenvalue weighted by Crippen LogP contribution is -2.61. The largest absolute Gasteiger partial charge is 0.310 e. The molecule has 0 amide bonds. The van der Waals surface area contributed by atoms with E-state index in [9.17, 15) is 0 Å². The minimum Gasteiger partial charge on any atom is -0.310 e. The van der Waals surface area contributed by atoms with Gasteiger partial charge >= 0.3 is 0 Å². The molecule has 0 bridgehead atoms. The molecule has 2 aliphatic rings. The molecule has 0 radical (unpaired) electrons. The van der Waals surface area contributed by atoms with Gasteiger partial charge in [0, 0.05) is 61.5 Å². The summed E-state index contributed by atoms with van der Waals surface area (Å²) >= 11 is 0. The number of para-hydroxylation sites is 2. The summed E-state index contributed by atoms with van der Waals surface area (Å²) in [6.07, 6.45) is 0. The number of aromatic nitrogens is 1. The van der Waals surface area contributed by atoms with Crippen LogP contribution in [0.3, 0.4) is 0 Å². The second-order valence-electron chi connectivity index (χ2n) is 34.5.